The molecule has 0 aliphatic rings. The van der Waals surface area contributed by atoms with Crippen LogP contribution in [0.5, 0.6) is 5.75 Å². The number of rotatable bonds is 8. The Balaban J connectivity index is 1.99. The number of guanidine groups is 1. The zero-order valence-corrected chi connectivity index (χ0v) is 17.1. The van der Waals surface area contributed by atoms with Crippen LogP contribution in [0.25, 0.3) is 0 Å². The van der Waals surface area contributed by atoms with E-state index in [1.165, 1.54) is 6.92 Å². The molecule has 0 aliphatic carbocycles. The highest BCUT2D eigenvalue weighted by atomic mass is 32.1. The SMILES string of the molecule is CCNC(=NCc1ccc(OC)c(NC(C)=O)c1)NCCc1csc(C)n1. The smallest absolute Gasteiger partial charge is 0.221 e. The highest BCUT2D eigenvalue weighted by molar-refractivity contribution is 7.09. The molecule has 1 heterocycles. The highest BCUT2D eigenvalue weighted by Crippen LogP contribution is 2.25. The molecule has 0 unspecified atom stereocenters. The Hall–Kier alpha value is -2.61. The molecule has 2 rings (SSSR count). The van der Waals surface area contributed by atoms with E-state index >= 15 is 0 Å². The zero-order chi connectivity index (χ0) is 19.6. The van der Waals surface area contributed by atoms with Crippen LogP contribution in [0, 0.1) is 6.92 Å². The van der Waals surface area contributed by atoms with Gasteiger partial charge in [0, 0.05) is 31.8 Å². The largest absolute Gasteiger partial charge is 0.495 e. The van der Waals surface area contributed by atoms with Gasteiger partial charge in [-0.15, -0.1) is 11.3 Å². The molecule has 27 heavy (non-hydrogen) atoms. The summed E-state index contributed by atoms with van der Waals surface area (Å²) >= 11 is 1.66. The minimum atomic E-state index is -0.138. The molecule has 1 aromatic heterocycles. The number of aryl methyl sites for hydroxylation is 1. The molecule has 0 atom stereocenters. The van der Waals surface area contributed by atoms with Gasteiger partial charge in [-0.2, -0.15) is 0 Å². The number of nitrogens with zero attached hydrogens (tertiary/aromatic N) is 2. The van der Waals surface area contributed by atoms with Crippen LogP contribution in [-0.4, -0.2) is 37.1 Å². The summed E-state index contributed by atoms with van der Waals surface area (Å²) < 4.78 is 5.28. The van der Waals surface area contributed by atoms with Crippen molar-refractivity contribution in [1.29, 1.82) is 0 Å². The summed E-state index contributed by atoms with van der Waals surface area (Å²) in [6.45, 7) is 7.54. The third-order valence-corrected chi connectivity index (χ3v) is 4.50. The Kier molecular flexibility index (Phi) is 8.06. The van der Waals surface area contributed by atoms with Crippen LogP contribution in [0.3, 0.4) is 0 Å². The number of benzene rings is 1. The van der Waals surface area contributed by atoms with Gasteiger partial charge in [0.1, 0.15) is 5.75 Å². The van der Waals surface area contributed by atoms with Crippen LogP contribution < -0.4 is 20.7 Å². The van der Waals surface area contributed by atoms with Crippen LogP contribution in [0.2, 0.25) is 0 Å². The van der Waals surface area contributed by atoms with Crippen molar-refractivity contribution in [2.75, 3.05) is 25.5 Å². The molecule has 146 valence electrons. The molecule has 2 aromatic rings. The van der Waals surface area contributed by atoms with Crippen molar-refractivity contribution in [3.05, 3.63) is 39.8 Å². The molecule has 0 bridgehead atoms. The molecule has 0 spiro atoms. The van der Waals surface area contributed by atoms with E-state index in [1.54, 1.807) is 18.4 Å². The number of nitrogens with one attached hydrogen (secondary N) is 3. The number of aliphatic imine (C=N–C) groups is 1. The number of carbonyl (C=O) groups is 1. The van der Waals surface area contributed by atoms with Gasteiger partial charge in [0.2, 0.25) is 5.91 Å². The fraction of sp³-hybridized carbons (Fsp3) is 0.421. The Morgan fingerprint density at radius 1 is 1.33 bits per heavy atom. The fourth-order valence-corrected chi connectivity index (χ4v) is 3.13. The Morgan fingerprint density at radius 3 is 2.78 bits per heavy atom. The van der Waals surface area contributed by atoms with E-state index in [4.69, 9.17) is 4.74 Å². The van der Waals surface area contributed by atoms with Gasteiger partial charge >= 0.3 is 0 Å². The molecule has 0 fully saturated rings. The number of hydrogen-bond donors (Lipinski definition) is 3. The van der Waals surface area contributed by atoms with Crippen molar-refractivity contribution in [3.8, 4) is 5.75 Å². The molecule has 7 nitrogen and oxygen atoms in total. The van der Waals surface area contributed by atoms with Gasteiger partial charge in [0.15, 0.2) is 5.96 Å². The third-order valence-electron chi connectivity index (χ3n) is 3.68. The fourth-order valence-electron chi connectivity index (χ4n) is 2.48. The average Bonchev–Trinajstić information content (AvgIpc) is 3.04. The lowest BCUT2D eigenvalue weighted by Crippen LogP contribution is -2.38. The first-order valence-corrected chi connectivity index (χ1v) is 9.77. The van der Waals surface area contributed by atoms with Gasteiger partial charge in [-0.1, -0.05) is 6.07 Å². The van der Waals surface area contributed by atoms with Crippen LogP contribution in [0.1, 0.15) is 30.1 Å². The monoisotopic (exact) mass is 389 g/mol. The first-order chi connectivity index (χ1) is 13.0. The molecule has 8 heteroatoms. The van der Waals surface area contributed by atoms with E-state index in [0.29, 0.717) is 18.0 Å². The van der Waals surface area contributed by atoms with E-state index in [1.807, 2.05) is 32.0 Å². The second-order valence-corrected chi connectivity index (χ2v) is 7.01. The minimum Gasteiger partial charge on any atom is -0.495 e. The summed E-state index contributed by atoms with van der Waals surface area (Å²) in [5, 5.41) is 12.5. The standard InChI is InChI=1S/C19H27N5O2S/c1-5-20-19(21-9-8-16-12-27-14(3)24-16)22-11-15-6-7-18(26-4)17(10-15)23-13(2)25/h6-7,10,12H,5,8-9,11H2,1-4H3,(H,23,25)(H2,20,21,22). The third kappa shape index (κ3) is 6.90. The van der Waals surface area contributed by atoms with Crippen LogP contribution >= 0.6 is 11.3 Å². The number of methoxy groups -OCH3 is 1. The molecule has 0 aliphatic heterocycles. The number of anilines is 1. The molecular weight excluding hydrogens is 362 g/mol. The van der Waals surface area contributed by atoms with Gasteiger partial charge in [0.25, 0.3) is 0 Å². The van der Waals surface area contributed by atoms with Crippen molar-refractivity contribution < 1.29 is 9.53 Å². The lowest BCUT2D eigenvalue weighted by atomic mass is 10.2. The van der Waals surface area contributed by atoms with Crippen LogP contribution in [-0.2, 0) is 17.8 Å². The molecule has 0 radical (unpaired) electrons. The number of hydrogen-bond acceptors (Lipinski definition) is 5. The summed E-state index contributed by atoms with van der Waals surface area (Å²) in [4.78, 5) is 20.4. The quantitative estimate of drug-likeness (QED) is 0.477. The van der Waals surface area contributed by atoms with Crippen molar-refractivity contribution in [2.24, 2.45) is 4.99 Å². The summed E-state index contributed by atoms with van der Waals surface area (Å²) in [6.07, 6.45) is 0.851. The summed E-state index contributed by atoms with van der Waals surface area (Å²) in [5.74, 6) is 1.24. The maximum Gasteiger partial charge on any atom is 0.221 e. The number of aromatic nitrogens is 1. The van der Waals surface area contributed by atoms with Gasteiger partial charge in [-0.25, -0.2) is 9.98 Å². The second kappa shape index (κ2) is 10.5. The van der Waals surface area contributed by atoms with E-state index in [2.05, 4.69) is 31.3 Å². The van der Waals surface area contributed by atoms with Crippen molar-refractivity contribution in [1.82, 2.24) is 15.6 Å². The lowest BCUT2D eigenvalue weighted by Gasteiger charge is -2.12. The molecular formula is C19H27N5O2S. The lowest BCUT2D eigenvalue weighted by molar-refractivity contribution is -0.114. The van der Waals surface area contributed by atoms with E-state index in [9.17, 15) is 4.79 Å². The Morgan fingerprint density at radius 2 is 2.15 bits per heavy atom. The highest BCUT2D eigenvalue weighted by Gasteiger charge is 2.06. The first-order valence-electron chi connectivity index (χ1n) is 8.89. The second-order valence-electron chi connectivity index (χ2n) is 5.95. The average molecular weight is 390 g/mol. The zero-order valence-electron chi connectivity index (χ0n) is 16.3. The maximum atomic E-state index is 11.4. The summed E-state index contributed by atoms with van der Waals surface area (Å²) in [7, 11) is 1.58. The van der Waals surface area contributed by atoms with Crippen molar-refractivity contribution in [3.63, 3.8) is 0 Å². The molecule has 1 amide bonds. The minimum absolute atomic E-state index is 0.138. The van der Waals surface area contributed by atoms with Crippen molar-refractivity contribution >= 4 is 28.9 Å². The van der Waals surface area contributed by atoms with E-state index in [0.717, 1.165) is 41.7 Å². The Labute approximate surface area is 164 Å². The molecule has 3 N–H and O–H groups in total. The maximum absolute atomic E-state index is 11.4. The molecule has 0 saturated heterocycles. The first kappa shape index (κ1) is 20.7. The number of carbonyl (C=O) groups excluding carboxylic acids is 1. The summed E-state index contributed by atoms with van der Waals surface area (Å²) in [6, 6.07) is 5.65. The Bertz CT molecular complexity index is 788. The predicted molar refractivity (Wildman–Crippen MR) is 111 cm³/mol. The number of thiazole rings is 1. The number of ether oxygens (including phenoxy) is 1. The molecule has 0 saturated carbocycles. The van der Waals surface area contributed by atoms with E-state index < -0.39 is 0 Å². The van der Waals surface area contributed by atoms with Crippen LogP contribution in [0.15, 0.2) is 28.6 Å². The van der Waals surface area contributed by atoms with Crippen molar-refractivity contribution in [2.45, 2.75) is 33.7 Å². The normalized spacial score (nSPS) is 11.2. The van der Waals surface area contributed by atoms with Gasteiger partial charge in [0.05, 0.1) is 30.0 Å². The summed E-state index contributed by atoms with van der Waals surface area (Å²) in [5.41, 5.74) is 2.72. The molecule has 1 aromatic carbocycles. The van der Waals surface area contributed by atoms with Crippen LogP contribution in [0.4, 0.5) is 5.69 Å². The van der Waals surface area contributed by atoms with Gasteiger partial charge in [-0.05, 0) is 31.5 Å². The van der Waals surface area contributed by atoms with Gasteiger partial charge in [-0.3, -0.25) is 4.79 Å². The predicted octanol–water partition coefficient (Wildman–Crippen LogP) is 2.72. The van der Waals surface area contributed by atoms with E-state index in [-0.39, 0.29) is 5.91 Å². The topological polar surface area (TPSA) is 87.6 Å². The number of amides is 1. The van der Waals surface area contributed by atoms with Gasteiger partial charge < -0.3 is 20.7 Å².